The van der Waals surface area contributed by atoms with Crippen molar-refractivity contribution in [2.45, 2.75) is 0 Å². The first-order chi connectivity index (χ1) is 9.73. The minimum absolute atomic E-state index is 0.579. The van der Waals surface area contributed by atoms with E-state index in [4.69, 9.17) is 19.5 Å². The minimum Gasteiger partial charge on any atom is -0.496 e. The second-order valence-electron chi connectivity index (χ2n) is 4.10. The van der Waals surface area contributed by atoms with Crippen LogP contribution < -0.4 is 14.2 Å². The van der Waals surface area contributed by atoms with Crippen molar-refractivity contribution >= 4 is 0 Å². The summed E-state index contributed by atoms with van der Waals surface area (Å²) >= 11 is 0. The van der Waals surface area contributed by atoms with Gasteiger partial charge in [0.1, 0.15) is 5.75 Å². The summed E-state index contributed by atoms with van der Waals surface area (Å²) in [4.78, 5) is 0. The van der Waals surface area contributed by atoms with Gasteiger partial charge in [0.2, 0.25) is 0 Å². The fourth-order valence-corrected chi connectivity index (χ4v) is 2.01. The number of hydrogen-bond donors (Lipinski definition) is 0. The molecule has 0 unspecified atom stereocenters. The normalized spacial score (nSPS) is 9.70. The molecule has 0 N–H and O–H groups in total. The van der Waals surface area contributed by atoms with Crippen molar-refractivity contribution in [1.29, 1.82) is 5.26 Å². The van der Waals surface area contributed by atoms with Crippen molar-refractivity contribution < 1.29 is 14.2 Å². The Hall–Kier alpha value is -2.67. The molecule has 2 aromatic carbocycles. The summed E-state index contributed by atoms with van der Waals surface area (Å²) in [7, 11) is 4.78. The summed E-state index contributed by atoms with van der Waals surface area (Å²) < 4.78 is 15.9. The van der Waals surface area contributed by atoms with Crippen molar-refractivity contribution in [3.8, 4) is 34.4 Å². The second-order valence-corrected chi connectivity index (χ2v) is 4.10. The van der Waals surface area contributed by atoms with Crippen LogP contribution in [0.4, 0.5) is 0 Å². The van der Waals surface area contributed by atoms with Crippen LogP contribution in [0.3, 0.4) is 0 Å². The third-order valence-electron chi connectivity index (χ3n) is 3.02. The smallest absolute Gasteiger partial charge is 0.161 e. The maximum atomic E-state index is 9.02. The molecule has 102 valence electrons. The lowest BCUT2D eigenvalue weighted by Crippen LogP contribution is -1.93. The van der Waals surface area contributed by atoms with Crippen molar-refractivity contribution in [3.63, 3.8) is 0 Å². The van der Waals surface area contributed by atoms with Gasteiger partial charge in [-0.25, -0.2) is 0 Å². The number of ether oxygens (including phenoxy) is 3. The van der Waals surface area contributed by atoms with Gasteiger partial charge in [0.25, 0.3) is 0 Å². The molecule has 0 aliphatic carbocycles. The van der Waals surface area contributed by atoms with Gasteiger partial charge < -0.3 is 14.2 Å². The number of hydrogen-bond acceptors (Lipinski definition) is 4. The minimum atomic E-state index is 0.579. The van der Waals surface area contributed by atoms with Crippen molar-refractivity contribution in [2.75, 3.05) is 21.3 Å². The van der Waals surface area contributed by atoms with E-state index < -0.39 is 0 Å². The zero-order valence-electron chi connectivity index (χ0n) is 11.6. The van der Waals surface area contributed by atoms with Crippen LogP contribution in [0.2, 0.25) is 0 Å². The van der Waals surface area contributed by atoms with Gasteiger partial charge in [-0.3, -0.25) is 0 Å². The van der Waals surface area contributed by atoms with E-state index in [9.17, 15) is 0 Å². The first kappa shape index (κ1) is 13.8. The van der Waals surface area contributed by atoms with Crippen LogP contribution in [0.15, 0.2) is 36.4 Å². The third kappa shape index (κ3) is 2.52. The predicted octanol–water partition coefficient (Wildman–Crippen LogP) is 3.25. The highest BCUT2D eigenvalue weighted by Crippen LogP contribution is 2.36. The molecule has 0 atom stereocenters. The topological polar surface area (TPSA) is 51.5 Å². The van der Waals surface area contributed by atoms with E-state index in [1.54, 1.807) is 39.5 Å². The largest absolute Gasteiger partial charge is 0.496 e. The van der Waals surface area contributed by atoms with Crippen LogP contribution in [0.1, 0.15) is 5.56 Å². The van der Waals surface area contributed by atoms with Crippen LogP contribution in [0.5, 0.6) is 17.2 Å². The molecule has 0 amide bonds. The van der Waals surface area contributed by atoms with Crippen LogP contribution >= 0.6 is 0 Å². The molecule has 2 rings (SSSR count). The van der Waals surface area contributed by atoms with Gasteiger partial charge in [0, 0.05) is 5.56 Å². The molecule has 0 bridgehead atoms. The lowest BCUT2D eigenvalue weighted by atomic mass is 10.0. The van der Waals surface area contributed by atoms with E-state index >= 15 is 0 Å². The molecule has 0 aliphatic rings. The first-order valence-electron chi connectivity index (χ1n) is 6.04. The fraction of sp³-hybridized carbons (Fsp3) is 0.188. The molecule has 2 aromatic rings. The summed E-state index contributed by atoms with van der Waals surface area (Å²) in [6.07, 6.45) is 0. The summed E-state index contributed by atoms with van der Waals surface area (Å²) in [6.45, 7) is 0. The van der Waals surface area contributed by atoms with Crippen LogP contribution in [0, 0.1) is 11.3 Å². The highest BCUT2D eigenvalue weighted by atomic mass is 16.5. The van der Waals surface area contributed by atoms with Crippen molar-refractivity contribution in [2.24, 2.45) is 0 Å². The third-order valence-corrected chi connectivity index (χ3v) is 3.02. The molecular weight excluding hydrogens is 254 g/mol. The summed E-state index contributed by atoms with van der Waals surface area (Å²) in [6, 6.07) is 13.0. The molecule has 0 fully saturated rings. The fourth-order valence-electron chi connectivity index (χ4n) is 2.01. The SMILES string of the molecule is COc1ccc(-c2cc(C#N)ccc2OC)cc1OC. The Bertz CT molecular complexity index is 659. The number of benzene rings is 2. The highest BCUT2D eigenvalue weighted by molar-refractivity contribution is 5.74. The number of nitrogens with zero attached hydrogens (tertiary/aromatic N) is 1. The van der Waals surface area contributed by atoms with Crippen LogP contribution in [0.25, 0.3) is 11.1 Å². The molecule has 0 saturated heterocycles. The quantitative estimate of drug-likeness (QED) is 0.855. The zero-order valence-corrected chi connectivity index (χ0v) is 11.6. The maximum absolute atomic E-state index is 9.02. The molecule has 0 spiro atoms. The predicted molar refractivity (Wildman–Crippen MR) is 76.2 cm³/mol. The standard InChI is InChI=1S/C16H15NO3/c1-18-14-6-4-11(10-17)8-13(14)12-5-7-15(19-2)16(9-12)20-3/h4-9H,1-3H3. The van der Waals surface area contributed by atoms with Gasteiger partial charge in [0.05, 0.1) is 33.0 Å². The molecule has 0 saturated carbocycles. The van der Waals surface area contributed by atoms with E-state index in [0.717, 1.165) is 11.1 Å². The Morgan fingerprint density at radius 3 is 2.05 bits per heavy atom. The lowest BCUT2D eigenvalue weighted by Gasteiger charge is -2.12. The highest BCUT2D eigenvalue weighted by Gasteiger charge is 2.11. The molecule has 4 nitrogen and oxygen atoms in total. The Balaban J connectivity index is 2.58. The monoisotopic (exact) mass is 269 g/mol. The van der Waals surface area contributed by atoms with Gasteiger partial charge in [-0.05, 0) is 35.9 Å². The maximum Gasteiger partial charge on any atom is 0.161 e. The van der Waals surface area contributed by atoms with E-state index in [1.165, 1.54) is 0 Å². The average molecular weight is 269 g/mol. The summed E-state index contributed by atoms with van der Waals surface area (Å²) in [5, 5.41) is 9.02. The average Bonchev–Trinajstić information content (AvgIpc) is 2.53. The van der Waals surface area contributed by atoms with Crippen molar-refractivity contribution in [3.05, 3.63) is 42.0 Å². The lowest BCUT2D eigenvalue weighted by molar-refractivity contribution is 0.355. The van der Waals surface area contributed by atoms with Gasteiger partial charge in [-0.2, -0.15) is 5.26 Å². The first-order valence-corrected chi connectivity index (χ1v) is 6.04. The molecule has 20 heavy (non-hydrogen) atoms. The molecule has 0 radical (unpaired) electrons. The van der Waals surface area contributed by atoms with Gasteiger partial charge in [0.15, 0.2) is 11.5 Å². The molecule has 0 aliphatic heterocycles. The van der Waals surface area contributed by atoms with Crippen LogP contribution in [-0.2, 0) is 0 Å². The zero-order chi connectivity index (χ0) is 14.5. The number of methoxy groups -OCH3 is 3. The van der Waals surface area contributed by atoms with Gasteiger partial charge in [-0.1, -0.05) is 6.07 Å². The van der Waals surface area contributed by atoms with E-state index in [-0.39, 0.29) is 0 Å². The van der Waals surface area contributed by atoms with Gasteiger partial charge >= 0.3 is 0 Å². The Morgan fingerprint density at radius 2 is 1.45 bits per heavy atom. The van der Waals surface area contributed by atoms with E-state index in [0.29, 0.717) is 22.8 Å². The second kappa shape index (κ2) is 5.98. The number of nitriles is 1. The molecule has 0 aromatic heterocycles. The molecule has 4 heteroatoms. The Morgan fingerprint density at radius 1 is 0.800 bits per heavy atom. The van der Waals surface area contributed by atoms with E-state index in [2.05, 4.69) is 6.07 Å². The summed E-state index contributed by atoms with van der Waals surface area (Å²) in [5.74, 6) is 2.00. The van der Waals surface area contributed by atoms with E-state index in [1.807, 2.05) is 18.2 Å². The molecule has 0 heterocycles. The van der Waals surface area contributed by atoms with Gasteiger partial charge in [-0.15, -0.1) is 0 Å². The summed E-state index contributed by atoms with van der Waals surface area (Å²) in [5.41, 5.74) is 2.32. The Labute approximate surface area is 118 Å². The van der Waals surface area contributed by atoms with Crippen molar-refractivity contribution in [1.82, 2.24) is 0 Å². The molecular formula is C16H15NO3. The van der Waals surface area contributed by atoms with Crippen LogP contribution in [-0.4, -0.2) is 21.3 Å². The Kier molecular flexibility index (Phi) is 4.11. The number of rotatable bonds is 4.